The lowest BCUT2D eigenvalue weighted by molar-refractivity contribution is 0.158. The molecule has 8 heteroatoms. The second kappa shape index (κ2) is 5.44. The highest BCUT2D eigenvalue weighted by atomic mass is 32.2. The van der Waals surface area contributed by atoms with Crippen molar-refractivity contribution >= 4 is 10.0 Å². The molecule has 112 valence electrons. The molecule has 3 heterocycles. The highest BCUT2D eigenvalue weighted by Gasteiger charge is 2.36. The number of nitrogens with two attached hydrogens (primary N) is 1. The molecule has 2 saturated heterocycles. The second-order valence-corrected chi connectivity index (χ2v) is 7.36. The van der Waals surface area contributed by atoms with Crippen molar-refractivity contribution in [3.8, 4) is 0 Å². The molecule has 3 rings (SSSR count). The molecule has 1 aromatic rings. The van der Waals surface area contributed by atoms with E-state index in [0.29, 0.717) is 32.2 Å². The first-order chi connectivity index (χ1) is 9.61. The summed E-state index contributed by atoms with van der Waals surface area (Å²) in [7, 11) is -3.42. The van der Waals surface area contributed by atoms with Crippen LogP contribution in [0.1, 0.15) is 12.8 Å². The van der Waals surface area contributed by atoms with Gasteiger partial charge in [-0.3, -0.25) is 9.58 Å². The molecule has 0 bridgehead atoms. The minimum Gasteiger partial charge on any atom is -0.329 e. The van der Waals surface area contributed by atoms with Crippen LogP contribution in [0.2, 0.25) is 0 Å². The molecule has 0 saturated carbocycles. The van der Waals surface area contributed by atoms with E-state index in [2.05, 4.69) is 10.00 Å². The molecule has 0 aromatic carbocycles. The summed E-state index contributed by atoms with van der Waals surface area (Å²) < 4.78 is 28.4. The largest absolute Gasteiger partial charge is 0.329 e. The van der Waals surface area contributed by atoms with E-state index in [-0.39, 0.29) is 4.90 Å². The third kappa shape index (κ3) is 2.48. The third-order valence-corrected chi connectivity index (χ3v) is 5.97. The number of nitrogens with zero attached hydrogens (tertiary/aromatic N) is 4. The zero-order valence-electron chi connectivity index (χ0n) is 11.5. The lowest BCUT2D eigenvalue weighted by Crippen LogP contribution is -2.51. The maximum atomic E-state index is 12.6. The Morgan fingerprint density at radius 3 is 3.00 bits per heavy atom. The molecule has 1 atom stereocenters. The maximum absolute atomic E-state index is 12.6. The number of hydrogen-bond acceptors (Lipinski definition) is 5. The molecule has 0 amide bonds. The van der Waals surface area contributed by atoms with E-state index in [1.807, 2.05) is 0 Å². The zero-order valence-corrected chi connectivity index (χ0v) is 12.3. The fourth-order valence-electron chi connectivity index (χ4n) is 3.06. The quantitative estimate of drug-likeness (QED) is 0.795. The van der Waals surface area contributed by atoms with Crippen LogP contribution in [0, 0.1) is 0 Å². The van der Waals surface area contributed by atoms with Gasteiger partial charge in [0.25, 0.3) is 0 Å². The van der Waals surface area contributed by atoms with Crippen molar-refractivity contribution in [1.29, 1.82) is 0 Å². The summed E-state index contributed by atoms with van der Waals surface area (Å²) >= 11 is 0. The van der Waals surface area contributed by atoms with Gasteiger partial charge in [0.15, 0.2) is 0 Å². The van der Waals surface area contributed by atoms with E-state index < -0.39 is 10.0 Å². The fraction of sp³-hybridized carbons (Fsp3) is 0.750. The summed E-state index contributed by atoms with van der Waals surface area (Å²) in [6.07, 6.45) is 5.26. The van der Waals surface area contributed by atoms with Gasteiger partial charge in [0.1, 0.15) is 4.90 Å². The average molecular weight is 299 g/mol. The van der Waals surface area contributed by atoms with Crippen LogP contribution in [0.25, 0.3) is 0 Å². The normalized spacial score (nSPS) is 24.9. The molecule has 0 aliphatic carbocycles. The Balaban J connectivity index is 1.77. The van der Waals surface area contributed by atoms with Crippen LogP contribution in [-0.4, -0.2) is 66.2 Å². The molecule has 1 aromatic heterocycles. The van der Waals surface area contributed by atoms with Gasteiger partial charge in [-0.25, -0.2) is 8.42 Å². The van der Waals surface area contributed by atoms with Gasteiger partial charge in [0.2, 0.25) is 10.0 Å². The molecular formula is C12H21N5O2S. The predicted octanol–water partition coefficient (Wildman–Crippen LogP) is -0.689. The van der Waals surface area contributed by atoms with Gasteiger partial charge in [0.05, 0.1) is 12.7 Å². The van der Waals surface area contributed by atoms with E-state index in [1.165, 1.54) is 12.6 Å². The predicted molar refractivity (Wildman–Crippen MR) is 74.6 cm³/mol. The van der Waals surface area contributed by atoms with E-state index in [1.54, 1.807) is 15.2 Å². The molecular weight excluding hydrogens is 278 g/mol. The Hall–Kier alpha value is -0.960. The maximum Gasteiger partial charge on any atom is 0.246 e. The summed E-state index contributed by atoms with van der Waals surface area (Å²) in [4.78, 5) is 2.67. The van der Waals surface area contributed by atoms with Gasteiger partial charge in [-0.1, -0.05) is 0 Å². The molecule has 2 fully saturated rings. The van der Waals surface area contributed by atoms with Gasteiger partial charge in [-0.2, -0.15) is 9.40 Å². The molecule has 2 aliphatic rings. The minimum atomic E-state index is -3.42. The van der Waals surface area contributed by atoms with Crippen molar-refractivity contribution in [3.05, 3.63) is 12.4 Å². The van der Waals surface area contributed by atoms with Crippen molar-refractivity contribution in [2.75, 3.05) is 32.7 Å². The SMILES string of the molecule is NCCn1cc(S(=O)(=O)N2CCN3CCCC3C2)cn1. The van der Waals surface area contributed by atoms with E-state index in [0.717, 1.165) is 19.5 Å². The number of hydrogen-bond donors (Lipinski definition) is 1. The van der Waals surface area contributed by atoms with Crippen LogP contribution >= 0.6 is 0 Å². The Morgan fingerprint density at radius 2 is 2.20 bits per heavy atom. The molecule has 0 radical (unpaired) electrons. The molecule has 20 heavy (non-hydrogen) atoms. The van der Waals surface area contributed by atoms with Crippen molar-refractivity contribution in [3.63, 3.8) is 0 Å². The lowest BCUT2D eigenvalue weighted by Gasteiger charge is -2.36. The van der Waals surface area contributed by atoms with Crippen molar-refractivity contribution in [2.24, 2.45) is 5.73 Å². The van der Waals surface area contributed by atoms with Gasteiger partial charge in [-0.15, -0.1) is 0 Å². The monoisotopic (exact) mass is 299 g/mol. The van der Waals surface area contributed by atoms with Gasteiger partial charge in [0, 0.05) is 38.4 Å². The van der Waals surface area contributed by atoms with Crippen LogP contribution in [-0.2, 0) is 16.6 Å². The summed E-state index contributed by atoms with van der Waals surface area (Å²) in [6, 6.07) is 0.387. The third-order valence-electron chi connectivity index (χ3n) is 4.16. The molecule has 2 N–H and O–H groups in total. The van der Waals surface area contributed by atoms with E-state index >= 15 is 0 Å². The summed E-state index contributed by atoms with van der Waals surface area (Å²) in [5.74, 6) is 0. The lowest BCUT2D eigenvalue weighted by atomic mass is 10.2. The Labute approximate surface area is 119 Å². The summed E-state index contributed by atoms with van der Waals surface area (Å²) in [5.41, 5.74) is 5.45. The molecule has 2 aliphatic heterocycles. The van der Waals surface area contributed by atoms with Gasteiger partial charge in [-0.05, 0) is 19.4 Å². The van der Waals surface area contributed by atoms with Crippen LogP contribution in [0.5, 0.6) is 0 Å². The second-order valence-electron chi connectivity index (χ2n) is 5.42. The van der Waals surface area contributed by atoms with Crippen molar-refractivity contribution in [2.45, 2.75) is 30.3 Å². The first kappa shape index (κ1) is 14.0. The molecule has 1 unspecified atom stereocenters. The Kier molecular flexibility index (Phi) is 3.80. The summed E-state index contributed by atoms with van der Waals surface area (Å²) in [5, 5.41) is 4.05. The van der Waals surface area contributed by atoms with Crippen molar-refractivity contribution < 1.29 is 8.42 Å². The zero-order chi connectivity index (χ0) is 14.2. The first-order valence-corrected chi connectivity index (χ1v) is 8.52. The highest BCUT2D eigenvalue weighted by Crippen LogP contribution is 2.25. The highest BCUT2D eigenvalue weighted by molar-refractivity contribution is 7.89. The van der Waals surface area contributed by atoms with E-state index in [9.17, 15) is 8.42 Å². The van der Waals surface area contributed by atoms with E-state index in [4.69, 9.17) is 5.73 Å². The van der Waals surface area contributed by atoms with Crippen LogP contribution in [0.15, 0.2) is 17.3 Å². The van der Waals surface area contributed by atoms with Crippen LogP contribution in [0.4, 0.5) is 0 Å². The average Bonchev–Trinajstić information content (AvgIpc) is 3.06. The number of piperazine rings is 1. The Bertz CT molecular complexity index is 570. The topological polar surface area (TPSA) is 84.5 Å². The van der Waals surface area contributed by atoms with Crippen molar-refractivity contribution in [1.82, 2.24) is 19.0 Å². The number of aromatic nitrogens is 2. The number of rotatable bonds is 4. The van der Waals surface area contributed by atoms with Gasteiger partial charge < -0.3 is 5.73 Å². The first-order valence-electron chi connectivity index (χ1n) is 7.08. The number of fused-ring (bicyclic) bond motifs is 1. The standard InChI is InChI=1S/C12H21N5O2S/c13-3-5-16-10-12(8-14-16)20(18,19)17-7-6-15-4-1-2-11(15)9-17/h8,10-11H,1-7,9,13H2. The van der Waals surface area contributed by atoms with Crippen LogP contribution < -0.4 is 5.73 Å². The minimum absolute atomic E-state index is 0.275. The number of sulfonamides is 1. The Morgan fingerprint density at radius 1 is 1.35 bits per heavy atom. The molecule has 7 nitrogen and oxygen atoms in total. The van der Waals surface area contributed by atoms with Gasteiger partial charge >= 0.3 is 0 Å². The van der Waals surface area contributed by atoms with Crippen LogP contribution in [0.3, 0.4) is 0 Å². The molecule has 0 spiro atoms. The summed E-state index contributed by atoms with van der Waals surface area (Å²) in [6.45, 7) is 4.09. The smallest absolute Gasteiger partial charge is 0.246 e. The fourth-order valence-corrected chi connectivity index (χ4v) is 4.49.